The van der Waals surface area contributed by atoms with E-state index >= 15 is 0 Å². The van der Waals surface area contributed by atoms with Gasteiger partial charge in [-0.05, 0) is 17.7 Å². The van der Waals surface area contributed by atoms with Crippen LogP contribution >= 0.6 is 15.9 Å². The van der Waals surface area contributed by atoms with Gasteiger partial charge in [-0.15, -0.1) is 0 Å². The van der Waals surface area contributed by atoms with E-state index in [9.17, 15) is 0 Å². The molecule has 22 heavy (non-hydrogen) atoms. The van der Waals surface area contributed by atoms with Crippen LogP contribution in [-0.2, 0) is 6.54 Å². The lowest BCUT2D eigenvalue weighted by Gasteiger charge is -2.34. The molecule has 0 radical (unpaired) electrons. The number of methoxy groups -OCH3 is 1. The molecule has 1 aromatic heterocycles. The molecule has 0 unspecified atom stereocenters. The number of hydrogen-bond donors (Lipinski definition) is 0. The van der Waals surface area contributed by atoms with E-state index in [1.807, 2.05) is 0 Å². The molecule has 6 heteroatoms. The second-order valence-corrected chi connectivity index (χ2v) is 6.20. The van der Waals surface area contributed by atoms with Gasteiger partial charge < -0.3 is 9.64 Å². The van der Waals surface area contributed by atoms with Crippen LogP contribution in [0.25, 0.3) is 0 Å². The minimum atomic E-state index is 0.613. The Bertz CT molecular complexity index is 612. The maximum Gasteiger partial charge on any atom is 0.228 e. The van der Waals surface area contributed by atoms with Crippen molar-refractivity contribution in [2.75, 3.05) is 38.2 Å². The highest BCUT2D eigenvalue weighted by Crippen LogP contribution is 2.16. The van der Waals surface area contributed by atoms with Gasteiger partial charge in [-0.25, -0.2) is 4.98 Å². The van der Waals surface area contributed by atoms with E-state index in [1.165, 1.54) is 5.56 Å². The summed E-state index contributed by atoms with van der Waals surface area (Å²) in [5.74, 6) is 1.37. The van der Waals surface area contributed by atoms with Crippen molar-refractivity contribution < 1.29 is 4.74 Å². The summed E-state index contributed by atoms with van der Waals surface area (Å²) in [7, 11) is 1.63. The molecule has 0 saturated carbocycles. The Balaban J connectivity index is 1.56. The highest BCUT2D eigenvalue weighted by molar-refractivity contribution is 9.10. The average molecular weight is 363 g/mol. The van der Waals surface area contributed by atoms with Gasteiger partial charge in [0.25, 0.3) is 0 Å². The predicted molar refractivity (Wildman–Crippen MR) is 90.2 cm³/mol. The molecule has 0 amide bonds. The van der Waals surface area contributed by atoms with Crippen molar-refractivity contribution in [2.45, 2.75) is 6.54 Å². The zero-order valence-electron chi connectivity index (χ0n) is 12.6. The number of rotatable bonds is 4. The Morgan fingerprint density at radius 1 is 1.09 bits per heavy atom. The molecule has 5 nitrogen and oxygen atoms in total. The number of hydrogen-bond acceptors (Lipinski definition) is 5. The van der Waals surface area contributed by atoms with Gasteiger partial charge in [0.05, 0.1) is 7.11 Å². The standard InChI is InChI=1S/C16H19BrN4O/c1-22-15-6-7-18-16(19-15)21-10-8-20(9-11-21)12-13-2-4-14(17)5-3-13/h2-7H,8-12H2,1H3. The second-order valence-electron chi connectivity index (χ2n) is 5.29. The molecule has 1 aliphatic rings. The number of nitrogens with zero attached hydrogens (tertiary/aromatic N) is 4. The molecule has 3 rings (SSSR count). The number of ether oxygens (including phenoxy) is 1. The summed E-state index contributed by atoms with van der Waals surface area (Å²) in [4.78, 5) is 13.4. The molecule has 1 fully saturated rings. The lowest BCUT2D eigenvalue weighted by atomic mass is 10.2. The Labute approximate surface area is 139 Å². The lowest BCUT2D eigenvalue weighted by Crippen LogP contribution is -2.46. The van der Waals surface area contributed by atoms with Gasteiger partial charge in [0.2, 0.25) is 11.8 Å². The minimum absolute atomic E-state index is 0.613. The first-order chi connectivity index (χ1) is 10.7. The Hall–Kier alpha value is -1.66. The van der Waals surface area contributed by atoms with E-state index in [-0.39, 0.29) is 0 Å². The van der Waals surface area contributed by atoms with Crippen LogP contribution in [-0.4, -0.2) is 48.2 Å². The van der Waals surface area contributed by atoms with E-state index < -0.39 is 0 Å². The van der Waals surface area contributed by atoms with Crippen molar-refractivity contribution in [2.24, 2.45) is 0 Å². The number of anilines is 1. The molecule has 1 saturated heterocycles. The SMILES string of the molecule is COc1ccnc(N2CCN(Cc3ccc(Br)cc3)CC2)n1. The Morgan fingerprint density at radius 2 is 1.82 bits per heavy atom. The molecule has 0 aliphatic carbocycles. The van der Waals surface area contributed by atoms with E-state index in [1.54, 1.807) is 19.4 Å². The summed E-state index contributed by atoms with van der Waals surface area (Å²) in [5.41, 5.74) is 1.34. The molecule has 1 aromatic carbocycles. The third kappa shape index (κ3) is 3.75. The van der Waals surface area contributed by atoms with Crippen LogP contribution in [0, 0.1) is 0 Å². The van der Waals surface area contributed by atoms with Gasteiger partial charge in [-0.3, -0.25) is 4.90 Å². The zero-order valence-corrected chi connectivity index (χ0v) is 14.2. The fourth-order valence-corrected chi connectivity index (χ4v) is 2.82. The summed E-state index contributed by atoms with van der Waals surface area (Å²) >= 11 is 3.47. The molecule has 2 aromatic rings. The molecule has 0 spiro atoms. The van der Waals surface area contributed by atoms with Crippen LogP contribution in [0.5, 0.6) is 5.88 Å². The molecule has 0 bridgehead atoms. The van der Waals surface area contributed by atoms with Crippen LogP contribution < -0.4 is 9.64 Å². The molecular formula is C16H19BrN4O. The van der Waals surface area contributed by atoms with Crippen molar-refractivity contribution in [1.82, 2.24) is 14.9 Å². The van der Waals surface area contributed by atoms with Crippen molar-refractivity contribution in [3.05, 3.63) is 46.6 Å². The van der Waals surface area contributed by atoms with Crippen molar-refractivity contribution >= 4 is 21.9 Å². The second kappa shape index (κ2) is 7.07. The first-order valence-electron chi connectivity index (χ1n) is 7.33. The summed E-state index contributed by atoms with van der Waals surface area (Å²) in [5, 5.41) is 0. The highest BCUT2D eigenvalue weighted by Gasteiger charge is 2.19. The topological polar surface area (TPSA) is 41.5 Å². The molecule has 116 valence electrons. The average Bonchev–Trinajstić information content (AvgIpc) is 2.58. The molecule has 0 N–H and O–H groups in total. The van der Waals surface area contributed by atoms with Crippen LogP contribution in [0.3, 0.4) is 0 Å². The predicted octanol–water partition coefficient (Wildman–Crippen LogP) is 2.57. The maximum atomic E-state index is 5.16. The van der Waals surface area contributed by atoms with E-state index in [0.29, 0.717) is 5.88 Å². The van der Waals surface area contributed by atoms with E-state index in [0.717, 1.165) is 43.1 Å². The summed E-state index contributed by atoms with van der Waals surface area (Å²) in [6.45, 7) is 4.88. The number of aromatic nitrogens is 2. The van der Waals surface area contributed by atoms with E-state index in [2.05, 4.69) is 60.0 Å². The summed E-state index contributed by atoms with van der Waals surface area (Å²) < 4.78 is 6.28. The fourth-order valence-electron chi connectivity index (χ4n) is 2.55. The van der Waals surface area contributed by atoms with Crippen molar-refractivity contribution in [1.29, 1.82) is 0 Å². The first kappa shape index (κ1) is 15.2. The molecular weight excluding hydrogens is 344 g/mol. The molecule has 2 heterocycles. The highest BCUT2D eigenvalue weighted by atomic mass is 79.9. The largest absolute Gasteiger partial charge is 0.481 e. The van der Waals surface area contributed by atoms with Gasteiger partial charge in [0, 0.05) is 49.5 Å². The Kier molecular flexibility index (Phi) is 4.90. The maximum absolute atomic E-state index is 5.16. The summed E-state index contributed by atoms with van der Waals surface area (Å²) in [6.07, 6.45) is 1.75. The molecule has 0 atom stereocenters. The quantitative estimate of drug-likeness (QED) is 0.835. The van der Waals surface area contributed by atoms with E-state index in [4.69, 9.17) is 4.74 Å². The zero-order chi connectivity index (χ0) is 15.4. The van der Waals surface area contributed by atoms with Crippen LogP contribution in [0.2, 0.25) is 0 Å². The number of piperazine rings is 1. The Morgan fingerprint density at radius 3 is 2.50 bits per heavy atom. The van der Waals surface area contributed by atoms with Crippen molar-refractivity contribution in [3.8, 4) is 5.88 Å². The van der Waals surface area contributed by atoms with Gasteiger partial charge in [-0.1, -0.05) is 28.1 Å². The smallest absolute Gasteiger partial charge is 0.228 e. The lowest BCUT2D eigenvalue weighted by molar-refractivity contribution is 0.248. The van der Waals surface area contributed by atoms with Gasteiger partial charge in [0.1, 0.15) is 0 Å². The van der Waals surface area contributed by atoms with Crippen LogP contribution in [0.1, 0.15) is 5.56 Å². The number of benzene rings is 1. The summed E-state index contributed by atoms with van der Waals surface area (Å²) in [6, 6.07) is 10.3. The third-order valence-electron chi connectivity index (χ3n) is 3.80. The van der Waals surface area contributed by atoms with Gasteiger partial charge in [-0.2, -0.15) is 4.98 Å². The first-order valence-corrected chi connectivity index (χ1v) is 8.13. The monoisotopic (exact) mass is 362 g/mol. The fraction of sp³-hybridized carbons (Fsp3) is 0.375. The minimum Gasteiger partial charge on any atom is -0.481 e. The normalized spacial score (nSPS) is 15.8. The molecule has 1 aliphatic heterocycles. The van der Waals surface area contributed by atoms with Gasteiger partial charge >= 0.3 is 0 Å². The third-order valence-corrected chi connectivity index (χ3v) is 4.33. The van der Waals surface area contributed by atoms with Gasteiger partial charge in [0.15, 0.2) is 0 Å². The van der Waals surface area contributed by atoms with Crippen LogP contribution in [0.15, 0.2) is 41.0 Å². The van der Waals surface area contributed by atoms with Crippen molar-refractivity contribution in [3.63, 3.8) is 0 Å². The van der Waals surface area contributed by atoms with Crippen LogP contribution in [0.4, 0.5) is 5.95 Å². The number of halogens is 1.